The molecule has 0 aliphatic heterocycles. The zero-order valence-electron chi connectivity index (χ0n) is 18.6. The number of carboxylic acid groups (broad SMARTS) is 2. The van der Waals surface area contributed by atoms with Crippen LogP contribution in [0.4, 0.5) is 18.9 Å². The van der Waals surface area contributed by atoms with Gasteiger partial charge in [-0.3, -0.25) is 0 Å². The van der Waals surface area contributed by atoms with E-state index in [1.54, 1.807) is 26.2 Å². The van der Waals surface area contributed by atoms with Gasteiger partial charge in [-0.2, -0.15) is 0 Å². The number of ether oxygens (including phenoxy) is 2. The lowest BCUT2D eigenvalue weighted by molar-refractivity contribution is 0.0681. The lowest BCUT2D eigenvalue weighted by Gasteiger charge is -2.06. The number of carboxylic acids is 2. The maximum Gasteiger partial charge on any atom is 0.340 e. The van der Waals surface area contributed by atoms with Gasteiger partial charge in [0.15, 0.2) is 5.75 Å². The van der Waals surface area contributed by atoms with Crippen molar-refractivity contribution in [1.82, 2.24) is 0 Å². The van der Waals surface area contributed by atoms with Crippen LogP contribution in [0.15, 0.2) is 46.9 Å². The maximum atomic E-state index is 12.9. The molecule has 0 saturated carbocycles. The summed E-state index contributed by atoms with van der Waals surface area (Å²) in [6.45, 7) is 1.71. The highest BCUT2D eigenvalue weighted by molar-refractivity contribution is 9.10. The lowest BCUT2D eigenvalue weighted by atomic mass is 10.1. The molecule has 0 radical (unpaired) electrons. The zero-order valence-corrected chi connectivity index (χ0v) is 20.2. The Morgan fingerprint density at radius 3 is 1.83 bits per heavy atom. The smallest absolute Gasteiger partial charge is 0.340 e. The van der Waals surface area contributed by atoms with Crippen molar-refractivity contribution < 1.29 is 47.6 Å². The molecule has 12 heteroatoms. The van der Waals surface area contributed by atoms with E-state index in [0.717, 1.165) is 18.2 Å². The van der Waals surface area contributed by atoms with Crippen LogP contribution in [-0.4, -0.2) is 41.5 Å². The van der Waals surface area contributed by atoms with Gasteiger partial charge in [0.25, 0.3) is 0 Å². The first kappa shape index (κ1) is 29.1. The number of nitrogen functional groups attached to an aromatic ring is 1. The molecule has 0 aromatic heterocycles. The van der Waals surface area contributed by atoms with Crippen LogP contribution in [0.2, 0.25) is 0 Å². The second kappa shape index (κ2) is 13.1. The Balaban J connectivity index is 0.000000265. The molecule has 0 aliphatic rings. The summed E-state index contributed by atoms with van der Waals surface area (Å²) in [5.41, 5.74) is 4.21. The number of aryl methyl sites for hydroxylation is 1. The molecule has 3 rings (SSSR count). The SMILES string of the molecule is COc1ccc(F)c(C(=O)O)c1.COc1ccc(F)c(C)c1.Nc1c(O)c(Br)cc(F)c1C(=O)O. The number of rotatable bonds is 4. The van der Waals surface area contributed by atoms with Crippen molar-refractivity contribution in [2.45, 2.75) is 6.92 Å². The van der Waals surface area contributed by atoms with E-state index in [1.807, 2.05) is 0 Å². The summed E-state index contributed by atoms with van der Waals surface area (Å²) in [6, 6.07) is 9.06. The third-order valence-electron chi connectivity index (χ3n) is 4.23. The van der Waals surface area contributed by atoms with Gasteiger partial charge in [0.2, 0.25) is 0 Å². The van der Waals surface area contributed by atoms with Crippen molar-refractivity contribution in [3.05, 3.63) is 81.1 Å². The molecule has 0 atom stereocenters. The third-order valence-corrected chi connectivity index (χ3v) is 4.83. The highest BCUT2D eigenvalue weighted by Gasteiger charge is 2.19. The van der Waals surface area contributed by atoms with E-state index in [9.17, 15) is 22.8 Å². The number of phenols is 1. The van der Waals surface area contributed by atoms with E-state index < -0.39 is 40.6 Å². The van der Waals surface area contributed by atoms with Crippen LogP contribution in [0.25, 0.3) is 0 Å². The molecule has 0 saturated heterocycles. The van der Waals surface area contributed by atoms with Crippen molar-refractivity contribution in [1.29, 1.82) is 0 Å². The number of hydrogen-bond donors (Lipinski definition) is 4. The quantitative estimate of drug-likeness (QED) is 0.251. The fourth-order valence-corrected chi connectivity index (χ4v) is 2.80. The van der Waals surface area contributed by atoms with E-state index in [4.69, 9.17) is 30.5 Å². The minimum absolute atomic E-state index is 0.0208. The number of aromatic hydroxyl groups is 1. The van der Waals surface area contributed by atoms with Crippen LogP contribution < -0.4 is 15.2 Å². The Morgan fingerprint density at radius 2 is 1.37 bits per heavy atom. The molecule has 0 bridgehead atoms. The second-order valence-corrected chi connectivity index (χ2v) is 7.40. The van der Waals surface area contributed by atoms with Crippen LogP contribution in [-0.2, 0) is 0 Å². The van der Waals surface area contributed by atoms with Gasteiger partial charge in [0.05, 0.1) is 29.9 Å². The molecule has 0 aliphatic carbocycles. The summed E-state index contributed by atoms with van der Waals surface area (Å²) in [5.74, 6) is -4.21. The summed E-state index contributed by atoms with van der Waals surface area (Å²) in [7, 11) is 2.95. The fourth-order valence-electron chi connectivity index (χ4n) is 2.38. The van der Waals surface area contributed by atoms with Crippen LogP contribution in [0.1, 0.15) is 26.3 Å². The van der Waals surface area contributed by atoms with Gasteiger partial charge in [-0.15, -0.1) is 0 Å². The van der Waals surface area contributed by atoms with Crippen LogP contribution in [0.3, 0.4) is 0 Å². The number of aromatic carboxylic acids is 2. The molecular formula is C23H21BrF3NO7. The van der Waals surface area contributed by atoms with Gasteiger partial charge in [-0.05, 0) is 70.9 Å². The van der Waals surface area contributed by atoms with Crippen molar-refractivity contribution in [3.8, 4) is 17.2 Å². The summed E-state index contributed by atoms with van der Waals surface area (Å²) in [5, 5.41) is 26.2. The van der Waals surface area contributed by atoms with Crippen LogP contribution >= 0.6 is 15.9 Å². The number of halogens is 4. The predicted octanol–water partition coefficient (Wildman–Crippen LogP) is 5.25. The monoisotopic (exact) mass is 559 g/mol. The number of anilines is 1. The van der Waals surface area contributed by atoms with Gasteiger partial charge in [-0.25, -0.2) is 22.8 Å². The molecule has 0 unspecified atom stereocenters. The fraction of sp³-hybridized carbons (Fsp3) is 0.130. The Bertz CT molecular complexity index is 1220. The number of carbonyl (C=O) groups is 2. The molecule has 35 heavy (non-hydrogen) atoms. The molecule has 3 aromatic carbocycles. The van der Waals surface area contributed by atoms with Crippen molar-refractivity contribution in [2.75, 3.05) is 20.0 Å². The number of benzene rings is 3. The van der Waals surface area contributed by atoms with Gasteiger partial charge in [0, 0.05) is 0 Å². The van der Waals surface area contributed by atoms with E-state index in [0.29, 0.717) is 17.1 Å². The van der Waals surface area contributed by atoms with Crippen LogP contribution in [0, 0.1) is 24.4 Å². The van der Waals surface area contributed by atoms with Crippen molar-refractivity contribution >= 4 is 33.6 Å². The van der Waals surface area contributed by atoms with E-state index in [2.05, 4.69) is 15.9 Å². The summed E-state index contributed by atoms with van der Waals surface area (Å²) in [4.78, 5) is 20.9. The van der Waals surface area contributed by atoms with Crippen molar-refractivity contribution in [3.63, 3.8) is 0 Å². The number of phenolic OH excluding ortho intramolecular Hbond substituents is 1. The summed E-state index contributed by atoms with van der Waals surface area (Å²) >= 11 is 2.82. The van der Waals surface area contributed by atoms with E-state index in [1.165, 1.54) is 19.2 Å². The Hall–Kier alpha value is -3.93. The van der Waals surface area contributed by atoms with E-state index >= 15 is 0 Å². The van der Waals surface area contributed by atoms with Gasteiger partial charge < -0.3 is 30.5 Å². The molecule has 3 aromatic rings. The number of hydrogen-bond acceptors (Lipinski definition) is 6. The molecular weight excluding hydrogens is 539 g/mol. The lowest BCUT2D eigenvalue weighted by Crippen LogP contribution is -2.06. The molecule has 0 spiro atoms. The summed E-state index contributed by atoms with van der Waals surface area (Å²) < 4.78 is 47.9. The average Bonchev–Trinajstić information content (AvgIpc) is 2.80. The molecule has 188 valence electrons. The zero-order chi connectivity index (χ0) is 26.9. The average molecular weight is 560 g/mol. The largest absolute Gasteiger partial charge is 0.505 e. The van der Waals surface area contributed by atoms with Gasteiger partial charge in [0.1, 0.15) is 34.5 Å². The Kier molecular flexibility index (Phi) is 10.9. The highest BCUT2D eigenvalue weighted by Crippen LogP contribution is 2.34. The molecule has 5 N–H and O–H groups in total. The first-order chi connectivity index (χ1) is 16.3. The molecule has 0 heterocycles. The minimum Gasteiger partial charge on any atom is -0.505 e. The second-order valence-electron chi connectivity index (χ2n) is 6.55. The minimum atomic E-state index is -1.52. The number of nitrogens with two attached hydrogens (primary N) is 1. The van der Waals surface area contributed by atoms with Gasteiger partial charge >= 0.3 is 11.9 Å². The molecule has 0 fully saturated rings. The van der Waals surface area contributed by atoms with Crippen molar-refractivity contribution in [2.24, 2.45) is 0 Å². The molecule has 8 nitrogen and oxygen atoms in total. The predicted molar refractivity (Wildman–Crippen MR) is 125 cm³/mol. The van der Waals surface area contributed by atoms with Crippen LogP contribution in [0.5, 0.6) is 17.2 Å². The summed E-state index contributed by atoms with van der Waals surface area (Å²) in [6.07, 6.45) is 0. The topological polar surface area (TPSA) is 139 Å². The van der Waals surface area contributed by atoms with Gasteiger partial charge in [-0.1, -0.05) is 0 Å². The molecule has 0 amide bonds. The standard InChI is InChI=1S/C8H7FO3.C8H9FO.C7H5BrFNO3/c1-12-5-2-3-7(9)6(4-5)8(10)11;1-6-5-7(10-2)3-4-8(6)9;8-2-1-3(9)4(7(12)13)5(10)6(2)11/h2-4H,1H3,(H,10,11);3-5H,1-2H3;1,11H,10H2,(H,12,13). The Morgan fingerprint density at radius 1 is 0.857 bits per heavy atom. The maximum absolute atomic E-state index is 12.9. The first-order valence-corrected chi connectivity index (χ1v) is 10.2. The number of methoxy groups -OCH3 is 2. The highest BCUT2D eigenvalue weighted by atomic mass is 79.9. The Labute approximate surface area is 206 Å². The normalized spacial score (nSPS) is 9.69. The first-order valence-electron chi connectivity index (χ1n) is 9.40. The third kappa shape index (κ3) is 8.10. The van der Waals surface area contributed by atoms with E-state index in [-0.39, 0.29) is 15.9 Å².